The van der Waals surface area contributed by atoms with Crippen LogP contribution in [0.5, 0.6) is 0 Å². The summed E-state index contributed by atoms with van der Waals surface area (Å²) in [5.74, 6) is 5.38. The summed E-state index contributed by atoms with van der Waals surface area (Å²) in [4.78, 5) is 0. The van der Waals surface area contributed by atoms with Crippen molar-refractivity contribution in [2.75, 3.05) is 13.2 Å². The number of hydrogen-bond acceptors (Lipinski definition) is 3. The van der Waals surface area contributed by atoms with Crippen molar-refractivity contribution in [3.63, 3.8) is 0 Å². The molecule has 4 saturated carbocycles. The summed E-state index contributed by atoms with van der Waals surface area (Å²) in [6.45, 7) is 26.8. The lowest BCUT2D eigenvalue weighted by Crippen LogP contribution is -2.53. The molecule has 9 unspecified atom stereocenters. The van der Waals surface area contributed by atoms with Gasteiger partial charge < -0.3 is 15.9 Å². The van der Waals surface area contributed by atoms with Gasteiger partial charge in [0.2, 0.25) is 0 Å². The van der Waals surface area contributed by atoms with Crippen LogP contribution in [0, 0.1) is 46.3 Å². The quantitative estimate of drug-likeness (QED) is 0.342. The molecule has 0 radical (unpaired) electrons. The fourth-order valence-corrected chi connectivity index (χ4v) is 8.40. The minimum atomic E-state index is -0.107. The van der Waals surface area contributed by atoms with Crippen molar-refractivity contribution in [3.05, 3.63) is 0 Å². The van der Waals surface area contributed by atoms with E-state index in [1.54, 1.807) is 0 Å². The highest BCUT2D eigenvalue weighted by Crippen LogP contribution is 2.68. The van der Waals surface area contributed by atoms with Gasteiger partial charge in [0.1, 0.15) is 0 Å². The fourth-order valence-electron chi connectivity index (χ4n) is 8.40. The van der Waals surface area contributed by atoms with Crippen molar-refractivity contribution in [2.24, 2.45) is 52.1 Å². The molecule has 0 spiro atoms. The molecule has 9 atom stereocenters. The molecule has 0 saturated heterocycles. The molecule has 0 bridgehead atoms. The largest absolute Gasteiger partial charge is 0.396 e. The van der Waals surface area contributed by atoms with Crippen LogP contribution >= 0.6 is 0 Å². The van der Waals surface area contributed by atoms with Gasteiger partial charge in [-0.05, 0) is 118 Å². The van der Waals surface area contributed by atoms with E-state index in [2.05, 4.69) is 34.6 Å². The lowest BCUT2D eigenvalue weighted by molar-refractivity contribution is -0.123. The lowest BCUT2D eigenvalue weighted by atomic mass is 9.44. The summed E-state index contributed by atoms with van der Waals surface area (Å²) in [5.41, 5.74) is 6.05. The Labute approximate surface area is 235 Å². The summed E-state index contributed by atoms with van der Waals surface area (Å²) in [6.07, 6.45) is 14.8. The molecule has 226 valence electrons. The monoisotopic (exact) mass is 528 g/mol. The van der Waals surface area contributed by atoms with Gasteiger partial charge in [-0.15, -0.1) is 0 Å². The van der Waals surface area contributed by atoms with Crippen LogP contribution in [-0.2, 0) is 0 Å². The van der Waals surface area contributed by atoms with Crippen LogP contribution in [0.25, 0.3) is 0 Å². The summed E-state index contributed by atoms with van der Waals surface area (Å²) < 4.78 is 0. The van der Waals surface area contributed by atoms with E-state index < -0.39 is 0 Å². The smallest absolute Gasteiger partial charge is 0.0545 e. The molecule has 4 N–H and O–H groups in total. The molecule has 0 aromatic carbocycles. The highest BCUT2D eigenvalue weighted by atomic mass is 16.3. The van der Waals surface area contributed by atoms with Crippen molar-refractivity contribution in [3.8, 4) is 0 Å². The van der Waals surface area contributed by atoms with Gasteiger partial charge in [-0.3, -0.25) is 0 Å². The van der Waals surface area contributed by atoms with Gasteiger partial charge in [-0.1, -0.05) is 89.0 Å². The first-order valence-electron chi connectivity index (χ1n) is 16.7. The molecule has 4 aliphatic carbocycles. The Morgan fingerprint density at radius 2 is 1.32 bits per heavy atom. The summed E-state index contributed by atoms with van der Waals surface area (Å²) >= 11 is 0. The first-order chi connectivity index (χ1) is 17.7. The molecular weight excluding hydrogens is 454 g/mol. The number of nitrogens with two attached hydrogens (primary N) is 1. The van der Waals surface area contributed by atoms with E-state index in [1.807, 2.05) is 48.5 Å². The van der Waals surface area contributed by atoms with Gasteiger partial charge in [-0.25, -0.2) is 0 Å². The number of rotatable bonds is 3. The third-order valence-corrected chi connectivity index (χ3v) is 9.95. The predicted octanol–water partition coefficient (Wildman–Crippen LogP) is 9.48. The molecular formula is C34H73NO2. The van der Waals surface area contributed by atoms with E-state index in [0.717, 1.165) is 36.0 Å². The third-order valence-electron chi connectivity index (χ3n) is 9.95. The summed E-state index contributed by atoms with van der Waals surface area (Å²) in [5, 5.41) is 18.3. The number of fused-ring (bicyclic) bond motifs is 5. The second-order valence-electron chi connectivity index (χ2n) is 12.1. The van der Waals surface area contributed by atoms with E-state index in [1.165, 1.54) is 64.2 Å². The molecule has 3 nitrogen and oxygen atoms in total. The first kappa shape index (κ1) is 39.0. The molecule has 3 heteroatoms. The Bertz CT molecular complexity index is 522. The zero-order valence-electron chi connectivity index (χ0n) is 27.7. The van der Waals surface area contributed by atoms with E-state index in [-0.39, 0.29) is 12.7 Å². The maximum absolute atomic E-state index is 10.3. The summed E-state index contributed by atoms with van der Waals surface area (Å²) in [6, 6.07) is 0. The second-order valence-corrected chi connectivity index (χ2v) is 12.1. The Balaban J connectivity index is 0. The van der Waals surface area contributed by atoms with Crippen molar-refractivity contribution in [2.45, 2.75) is 160 Å². The van der Waals surface area contributed by atoms with Crippen molar-refractivity contribution >= 4 is 0 Å². The highest BCUT2D eigenvalue weighted by Gasteiger charge is 2.60. The standard InChI is InChI=1S/C22H38O.C3H9NO.C3H8.3C2H6/c1-14-9-11-21(3)16(13-14)5-6-17-19-8-7-18(15(2)23)22(19,4)12-10-20(17)21;4-2-1-3-5;1-3-2;3*1-2/h14-20,23H,5-13H2,1-4H3;5H,1-4H2;3H2,1-2H3;3*1-2H3. The number of hydrogen-bond donors (Lipinski definition) is 3. The predicted molar refractivity (Wildman–Crippen MR) is 167 cm³/mol. The van der Waals surface area contributed by atoms with Crippen molar-refractivity contribution < 1.29 is 10.2 Å². The van der Waals surface area contributed by atoms with E-state index >= 15 is 0 Å². The molecule has 0 aliphatic heterocycles. The molecule has 4 rings (SSSR count). The molecule has 4 fully saturated rings. The van der Waals surface area contributed by atoms with Crippen molar-refractivity contribution in [1.82, 2.24) is 0 Å². The van der Waals surface area contributed by atoms with Crippen LogP contribution < -0.4 is 5.73 Å². The van der Waals surface area contributed by atoms with Crippen LogP contribution in [0.2, 0.25) is 0 Å². The molecule has 4 aliphatic rings. The average molecular weight is 528 g/mol. The molecule has 0 heterocycles. The second kappa shape index (κ2) is 20.7. The number of aliphatic hydroxyl groups is 2. The van der Waals surface area contributed by atoms with Gasteiger partial charge in [0.25, 0.3) is 0 Å². The minimum absolute atomic E-state index is 0.107. The van der Waals surface area contributed by atoms with Crippen LogP contribution in [0.15, 0.2) is 0 Å². The maximum atomic E-state index is 10.3. The first-order valence-corrected chi connectivity index (χ1v) is 16.7. The Morgan fingerprint density at radius 1 is 0.811 bits per heavy atom. The van der Waals surface area contributed by atoms with Gasteiger partial charge in [0.15, 0.2) is 0 Å². The van der Waals surface area contributed by atoms with Crippen LogP contribution in [0.3, 0.4) is 0 Å². The third kappa shape index (κ3) is 10.1. The van der Waals surface area contributed by atoms with Gasteiger partial charge in [0, 0.05) is 6.61 Å². The highest BCUT2D eigenvalue weighted by molar-refractivity contribution is 5.09. The Hall–Kier alpha value is -0.120. The van der Waals surface area contributed by atoms with E-state index in [4.69, 9.17) is 10.8 Å². The SMILES string of the molecule is CC.CC.CC.CC1CCC2(C)C(CCC3C2CCC2(C)C(C(C)O)CCC32)C1.CCC.NCCCO. The van der Waals surface area contributed by atoms with Crippen LogP contribution in [0.4, 0.5) is 0 Å². The van der Waals surface area contributed by atoms with Crippen LogP contribution in [-0.4, -0.2) is 29.5 Å². The number of aliphatic hydroxyl groups excluding tert-OH is 2. The van der Waals surface area contributed by atoms with Gasteiger partial charge >= 0.3 is 0 Å². The van der Waals surface area contributed by atoms with Crippen molar-refractivity contribution in [1.29, 1.82) is 0 Å². The Kier molecular flexibility index (Phi) is 21.9. The lowest BCUT2D eigenvalue weighted by Gasteiger charge is -2.61. The maximum Gasteiger partial charge on any atom is 0.0545 e. The minimum Gasteiger partial charge on any atom is -0.396 e. The van der Waals surface area contributed by atoms with Gasteiger partial charge in [-0.2, -0.15) is 0 Å². The summed E-state index contributed by atoms with van der Waals surface area (Å²) in [7, 11) is 0. The zero-order chi connectivity index (χ0) is 29.2. The fraction of sp³-hybridized carbons (Fsp3) is 1.00. The zero-order valence-corrected chi connectivity index (χ0v) is 27.7. The van der Waals surface area contributed by atoms with Gasteiger partial charge in [0.05, 0.1) is 6.10 Å². The molecule has 0 aromatic rings. The molecule has 0 amide bonds. The van der Waals surface area contributed by atoms with E-state index in [9.17, 15) is 5.11 Å². The Morgan fingerprint density at radius 3 is 1.78 bits per heavy atom. The van der Waals surface area contributed by atoms with E-state index in [0.29, 0.717) is 23.3 Å². The average Bonchev–Trinajstić information content (AvgIpc) is 3.27. The molecule has 0 aromatic heterocycles. The normalized spacial score (nSPS) is 37.7. The topological polar surface area (TPSA) is 66.5 Å². The molecule has 37 heavy (non-hydrogen) atoms. The van der Waals surface area contributed by atoms with Crippen LogP contribution in [0.1, 0.15) is 154 Å².